The zero-order valence-corrected chi connectivity index (χ0v) is 12.4. The summed E-state index contributed by atoms with van der Waals surface area (Å²) in [7, 11) is 1.44. The minimum absolute atomic E-state index is 0.101. The molecule has 0 aliphatic rings. The van der Waals surface area contributed by atoms with Gasteiger partial charge in [-0.15, -0.1) is 0 Å². The minimum atomic E-state index is -1.04. The maximum atomic E-state index is 11.2. The summed E-state index contributed by atoms with van der Waals surface area (Å²) in [5.41, 5.74) is 2.40. The summed E-state index contributed by atoms with van der Waals surface area (Å²) < 4.78 is 5.02. The third kappa shape index (κ3) is 3.41. The van der Waals surface area contributed by atoms with E-state index in [1.54, 1.807) is 24.4 Å². The van der Waals surface area contributed by atoms with E-state index < -0.39 is 5.97 Å². The van der Waals surface area contributed by atoms with Gasteiger partial charge in [0.15, 0.2) is 0 Å². The Morgan fingerprint density at radius 1 is 1.33 bits per heavy atom. The molecule has 0 atom stereocenters. The third-order valence-corrected chi connectivity index (χ3v) is 3.46. The first kappa shape index (κ1) is 15.1. The van der Waals surface area contributed by atoms with Crippen LogP contribution in [0, 0.1) is 6.92 Å². The van der Waals surface area contributed by atoms with E-state index in [2.05, 4.69) is 4.99 Å². The lowest BCUT2D eigenvalue weighted by atomic mass is 10.1. The van der Waals surface area contributed by atoms with Gasteiger partial charge in [0, 0.05) is 11.2 Å². The number of hydrogen-bond donors (Lipinski definition) is 1. The predicted molar refractivity (Wildman–Crippen MR) is 83.4 cm³/mol. The number of carbonyl (C=O) groups is 1. The lowest BCUT2D eigenvalue weighted by Crippen LogP contribution is -2.01. The van der Waals surface area contributed by atoms with Gasteiger partial charge < -0.3 is 9.84 Å². The molecule has 0 saturated carbocycles. The van der Waals surface area contributed by atoms with E-state index in [0.717, 1.165) is 11.3 Å². The van der Waals surface area contributed by atoms with Crippen molar-refractivity contribution in [2.24, 2.45) is 4.99 Å². The molecule has 21 heavy (non-hydrogen) atoms. The molecule has 0 aromatic heterocycles. The Balaban J connectivity index is 2.35. The third-order valence-electron chi connectivity index (χ3n) is 3.05. The Bertz CT molecular complexity index is 711. The second kappa shape index (κ2) is 6.41. The van der Waals surface area contributed by atoms with Crippen LogP contribution in [0.4, 0.5) is 5.69 Å². The van der Waals surface area contributed by atoms with E-state index in [1.165, 1.54) is 13.2 Å². The van der Waals surface area contributed by atoms with Gasteiger partial charge >= 0.3 is 5.97 Å². The van der Waals surface area contributed by atoms with Crippen LogP contribution < -0.4 is 4.74 Å². The van der Waals surface area contributed by atoms with Crippen molar-refractivity contribution >= 4 is 29.5 Å². The fourth-order valence-electron chi connectivity index (χ4n) is 1.85. The van der Waals surface area contributed by atoms with Gasteiger partial charge in [0.2, 0.25) is 0 Å². The number of aromatic carboxylic acids is 1. The highest BCUT2D eigenvalue weighted by molar-refractivity contribution is 6.31. The van der Waals surface area contributed by atoms with Crippen molar-refractivity contribution in [3.05, 3.63) is 58.1 Å². The normalized spacial score (nSPS) is 10.8. The number of benzene rings is 2. The number of nitrogens with zero attached hydrogens (tertiary/aromatic N) is 1. The first-order valence-corrected chi connectivity index (χ1v) is 6.61. The second-order valence-electron chi connectivity index (χ2n) is 4.41. The molecule has 1 N–H and O–H groups in total. The van der Waals surface area contributed by atoms with Crippen molar-refractivity contribution in [1.29, 1.82) is 0 Å². The van der Waals surface area contributed by atoms with Crippen LogP contribution in [-0.4, -0.2) is 24.4 Å². The molecule has 2 rings (SSSR count). The highest BCUT2D eigenvalue weighted by Crippen LogP contribution is 2.25. The molecular formula is C16H14ClNO3. The molecule has 0 amide bonds. The molecule has 5 heteroatoms. The number of hydrogen-bond acceptors (Lipinski definition) is 3. The SMILES string of the molecule is COc1ccc(C=Nc2cccc(Cl)c2C)cc1C(=O)O. The van der Waals surface area contributed by atoms with Crippen LogP contribution in [0.2, 0.25) is 5.02 Å². The van der Waals surface area contributed by atoms with Gasteiger partial charge in [-0.25, -0.2) is 4.79 Å². The van der Waals surface area contributed by atoms with Crippen LogP contribution in [-0.2, 0) is 0 Å². The smallest absolute Gasteiger partial charge is 0.339 e. The number of methoxy groups -OCH3 is 1. The van der Waals surface area contributed by atoms with E-state index in [1.807, 2.05) is 19.1 Å². The fourth-order valence-corrected chi connectivity index (χ4v) is 2.02. The zero-order valence-electron chi connectivity index (χ0n) is 11.6. The van der Waals surface area contributed by atoms with E-state index in [4.69, 9.17) is 21.4 Å². The van der Waals surface area contributed by atoms with Gasteiger partial charge in [-0.3, -0.25) is 4.99 Å². The molecule has 0 bridgehead atoms. The molecule has 2 aromatic carbocycles. The molecule has 0 aliphatic carbocycles. The van der Waals surface area contributed by atoms with Crippen molar-refractivity contribution < 1.29 is 14.6 Å². The molecule has 4 nitrogen and oxygen atoms in total. The van der Waals surface area contributed by atoms with Gasteiger partial charge in [-0.05, 0) is 48.4 Å². The Morgan fingerprint density at radius 2 is 2.10 bits per heavy atom. The summed E-state index contributed by atoms with van der Waals surface area (Å²) in [6, 6.07) is 10.3. The lowest BCUT2D eigenvalue weighted by Gasteiger charge is -2.05. The number of halogens is 1. The minimum Gasteiger partial charge on any atom is -0.496 e. The van der Waals surface area contributed by atoms with Crippen molar-refractivity contribution in [2.75, 3.05) is 7.11 Å². The summed E-state index contributed by atoms with van der Waals surface area (Å²) in [5, 5.41) is 9.79. The molecule has 0 heterocycles. The molecule has 0 aliphatic heterocycles. The average molecular weight is 304 g/mol. The largest absolute Gasteiger partial charge is 0.496 e. The monoisotopic (exact) mass is 303 g/mol. The number of carboxylic acid groups (broad SMARTS) is 1. The Hall–Kier alpha value is -2.33. The Labute approximate surface area is 127 Å². The van der Waals surface area contributed by atoms with Gasteiger partial charge in [0.05, 0.1) is 12.8 Å². The van der Waals surface area contributed by atoms with Crippen LogP contribution in [0.25, 0.3) is 0 Å². The topological polar surface area (TPSA) is 58.9 Å². The molecular weight excluding hydrogens is 290 g/mol. The van der Waals surface area contributed by atoms with Crippen molar-refractivity contribution in [3.63, 3.8) is 0 Å². The molecule has 0 saturated heterocycles. The lowest BCUT2D eigenvalue weighted by molar-refractivity contribution is 0.0693. The zero-order chi connectivity index (χ0) is 15.4. The van der Waals surface area contributed by atoms with Crippen LogP contribution in [0.3, 0.4) is 0 Å². The van der Waals surface area contributed by atoms with E-state index >= 15 is 0 Å². The number of rotatable bonds is 4. The van der Waals surface area contributed by atoms with E-state index in [-0.39, 0.29) is 5.56 Å². The standard InChI is InChI=1S/C16H14ClNO3/c1-10-13(17)4-3-5-14(10)18-9-11-6-7-15(21-2)12(8-11)16(19)20/h3-9H,1-2H3,(H,19,20). The summed E-state index contributed by atoms with van der Waals surface area (Å²) >= 11 is 6.03. The molecule has 0 radical (unpaired) electrons. The number of carboxylic acids is 1. The summed E-state index contributed by atoms with van der Waals surface area (Å²) in [5.74, 6) is -0.723. The highest BCUT2D eigenvalue weighted by atomic mass is 35.5. The van der Waals surface area contributed by atoms with Gasteiger partial charge in [0.1, 0.15) is 11.3 Å². The van der Waals surface area contributed by atoms with Crippen LogP contribution >= 0.6 is 11.6 Å². The summed E-state index contributed by atoms with van der Waals surface area (Å²) in [4.78, 5) is 15.5. The second-order valence-corrected chi connectivity index (χ2v) is 4.81. The van der Waals surface area contributed by atoms with Crippen molar-refractivity contribution in [3.8, 4) is 5.75 Å². The maximum Gasteiger partial charge on any atom is 0.339 e. The number of ether oxygens (including phenoxy) is 1. The van der Waals surface area contributed by atoms with Crippen molar-refractivity contribution in [1.82, 2.24) is 0 Å². The fraction of sp³-hybridized carbons (Fsp3) is 0.125. The molecule has 0 fully saturated rings. The van der Waals surface area contributed by atoms with Gasteiger partial charge in [-0.2, -0.15) is 0 Å². The number of aliphatic imine (C=N–C) groups is 1. The maximum absolute atomic E-state index is 11.2. The Morgan fingerprint density at radius 3 is 2.76 bits per heavy atom. The molecule has 2 aromatic rings. The molecule has 0 spiro atoms. The Kier molecular flexibility index (Phi) is 4.60. The predicted octanol–water partition coefficient (Wildman–Crippen LogP) is 4.11. The first-order chi connectivity index (χ1) is 10.0. The van der Waals surface area contributed by atoms with E-state index in [0.29, 0.717) is 16.3 Å². The van der Waals surface area contributed by atoms with Crippen LogP contribution in [0.5, 0.6) is 5.75 Å². The van der Waals surface area contributed by atoms with Crippen molar-refractivity contribution in [2.45, 2.75) is 6.92 Å². The average Bonchev–Trinajstić information content (AvgIpc) is 2.48. The quantitative estimate of drug-likeness (QED) is 0.865. The molecule has 108 valence electrons. The van der Waals surface area contributed by atoms with Gasteiger partial charge in [0.25, 0.3) is 0 Å². The van der Waals surface area contributed by atoms with Crippen LogP contribution in [0.15, 0.2) is 41.4 Å². The van der Waals surface area contributed by atoms with E-state index in [9.17, 15) is 4.79 Å². The first-order valence-electron chi connectivity index (χ1n) is 6.23. The molecule has 0 unspecified atom stereocenters. The highest BCUT2D eigenvalue weighted by Gasteiger charge is 2.10. The summed E-state index contributed by atoms with van der Waals surface area (Å²) in [6.07, 6.45) is 1.60. The van der Waals surface area contributed by atoms with Crippen LogP contribution in [0.1, 0.15) is 21.5 Å². The summed E-state index contributed by atoms with van der Waals surface area (Å²) in [6.45, 7) is 1.88. The van der Waals surface area contributed by atoms with Gasteiger partial charge in [-0.1, -0.05) is 17.7 Å².